The molecule has 20 heavy (non-hydrogen) atoms. The quantitative estimate of drug-likeness (QED) is 0.757. The summed E-state index contributed by atoms with van der Waals surface area (Å²) in [6.07, 6.45) is 0. The van der Waals surface area contributed by atoms with Crippen molar-refractivity contribution in [2.75, 3.05) is 11.1 Å². The number of aryl methyl sites for hydroxylation is 1. The van der Waals surface area contributed by atoms with Gasteiger partial charge in [0, 0.05) is 4.88 Å². The predicted octanol–water partition coefficient (Wildman–Crippen LogP) is 3.60. The van der Waals surface area contributed by atoms with E-state index in [1.54, 1.807) is 0 Å². The number of anilines is 3. The van der Waals surface area contributed by atoms with E-state index in [-0.39, 0.29) is 11.6 Å². The molecule has 0 spiro atoms. The summed E-state index contributed by atoms with van der Waals surface area (Å²) >= 11 is 1.46. The highest BCUT2D eigenvalue weighted by Crippen LogP contribution is 2.31. The Labute approximate surface area is 117 Å². The molecule has 0 aliphatic carbocycles. The molecule has 3 N–H and O–H groups in total. The Hall–Kier alpha value is -2.28. The van der Waals surface area contributed by atoms with Crippen LogP contribution in [0.1, 0.15) is 4.88 Å². The highest BCUT2D eigenvalue weighted by Gasteiger charge is 2.13. The van der Waals surface area contributed by atoms with Crippen molar-refractivity contribution >= 4 is 39.0 Å². The number of thiophene rings is 1. The van der Waals surface area contributed by atoms with Crippen molar-refractivity contribution in [2.45, 2.75) is 6.92 Å². The lowest BCUT2D eigenvalue weighted by Crippen LogP contribution is -2.02. The lowest BCUT2D eigenvalue weighted by molar-refractivity contribution is 0.512. The van der Waals surface area contributed by atoms with Gasteiger partial charge >= 0.3 is 0 Å². The zero-order chi connectivity index (χ0) is 14.3. The summed E-state index contributed by atoms with van der Waals surface area (Å²) in [5.74, 6) is -1.43. The molecule has 0 atom stereocenters. The van der Waals surface area contributed by atoms with E-state index in [4.69, 9.17) is 5.73 Å². The number of rotatable bonds is 2. The van der Waals surface area contributed by atoms with Crippen molar-refractivity contribution in [3.05, 3.63) is 40.8 Å². The SMILES string of the molecule is Cc1cc2c(Nc3cccc(F)c3F)nc(N)nc2s1. The molecule has 0 aliphatic heterocycles. The van der Waals surface area contributed by atoms with E-state index in [9.17, 15) is 8.78 Å². The molecule has 2 heterocycles. The zero-order valence-corrected chi connectivity index (χ0v) is 11.3. The number of nitrogens with one attached hydrogen (secondary N) is 1. The van der Waals surface area contributed by atoms with Crippen LogP contribution in [0.5, 0.6) is 0 Å². The first kappa shape index (κ1) is 12.7. The normalized spacial score (nSPS) is 10.9. The van der Waals surface area contributed by atoms with Gasteiger partial charge in [0.25, 0.3) is 0 Å². The van der Waals surface area contributed by atoms with Gasteiger partial charge in [-0.2, -0.15) is 4.98 Å². The Balaban J connectivity index is 2.12. The molecule has 0 saturated heterocycles. The van der Waals surface area contributed by atoms with Crippen molar-refractivity contribution in [1.29, 1.82) is 0 Å². The van der Waals surface area contributed by atoms with E-state index in [2.05, 4.69) is 15.3 Å². The van der Waals surface area contributed by atoms with Crippen molar-refractivity contribution in [3.8, 4) is 0 Å². The maximum atomic E-state index is 13.7. The van der Waals surface area contributed by atoms with Crippen LogP contribution >= 0.6 is 11.3 Å². The molecule has 0 saturated carbocycles. The van der Waals surface area contributed by atoms with Gasteiger partial charge in [0.1, 0.15) is 10.6 Å². The van der Waals surface area contributed by atoms with Crippen LogP contribution in [-0.2, 0) is 0 Å². The number of nitrogens with zero attached hydrogens (tertiary/aromatic N) is 2. The molecule has 0 aliphatic rings. The van der Waals surface area contributed by atoms with Crippen molar-refractivity contribution in [3.63, 3.8) is 0 Å². The summed E-state index contributed by atoms with van der Waals surface area (Å²) < 4.78 is 26.9. The number of hydrogen-bond donors (Lipinski definition) is 2. The topological polar surface area (TPSA) is 63.8 Å². The van der Waals surface area contributed by atoms with Crippen molar-refractivity contribution in [2.24, 2.45) is 0 Å². The summed E-state index contributed by atoms with van der Waals surface area (Å²) in [5, 5.41) is 3.50. The van der Waals surface area contributed by atoms with Crippen LogP contribution in [0.2, 0.25) is 0 Å². The number of benzene rings is 1. The first-order chi connectivity index (χ1) is 9.54. The fraction of sp³-hybridized carbons (Fsp3) is 0.0769. The van der Waals surface area contributed by atoms with Crippen molar-refractivity contribution in [1.82, 2.24) is 9.97 Å². The number of nitrogens with two attached hydrogens (primary N) is 1. The van der Waals surface area contributed by atoms with Crippen LogP contribution in [0, 0.1) is 18.6 Å². The number of hydrogen-bond acceptors (Lipinski definition) is 5. The summed E-state index contributed by atoms with van der Waals surface area (Å²) in [4.78, 5) is 9.90. The predicted molar refractivity (Wildman–Crippen MR) is 76.2 cm³/mol. The van der Waals surface area contributed by atoms with Crippen molar-refractivity contribution < 1.29 is 8.78 Å². The van der Waals surface area contributed by atoms with Crippen LogP contribution in [-0.4, -0.2) is 9.97 Å². The van der Waals surface area contributed by atoms with Gasteiger partial charge < -0.3 is 11.1 Å². The molecule has 0 fully saturated rings. The van der Waals surface area contributed by atoms with Crippen LogP contribution < -0.4 is 11.1 Å². The van der Waals surface area contributed by atoms with E-state index >= 15 is 0 Å². The molecule has 0 bridgehead atoms. The number of nitrogen functional groups attached to an aromatic ring is 1. The molecular weight excluding hydrogens is 282 g/mol. The maximum absolute atomic E-state index is 13.7. The fourth-order valence-electron chi connectivity index (χ4n) is 1.88. The lowest BCUT2D eigenvalue weighted by atomic mass is 10.2. The Kier molecular flexibility index (Phi) is 2.98. The molecule has 2 aromatic heterocycles. The number of aromatic nitrogens is 2. The molecule has 7 heteroatoms. The van der Waals surface area contributed by atoms with Gasteiger partial charge in [-0.15, -0.1) is 11.3 Å². The second-order valence-electron chi connectivity index (χ2n) is 4.23. The fourth-order valence-corrected chi connectivity index (χ4v) is 2.77. The smallest absolute Gasteiger partial charge is 0.223 e. The molecule has 102 valence electrons. The van der Waals surface area contributed by atoms with Crippen LogP contribution in [0.15, 0.2) is 24.3 Å². The number of fused-ring (bicyclic) bond motifs is 1. The Bertz CT molecular complexity index is 800. The third kappa shape index (κ3) is 2.16. The summed E-state index contributed by atoms with van der Waals surface area (Å²) in [6, 6.07) is 5.78. The lowest BCUT2D eigenvalue weighted by Gasteiger charge is -2.08. The minimum Gasteiger partial charge on any atom is -0.368 e. The average molecular weight is 292 g/mol. The molecule has 0 radical (unpaired) electrons. The highest BCUT2D eigenvalue weighted by molar-refractivity contribution is 7.18. The van der Waals surface area contributed by atoms with Gasteiger partial charge in [0.15, 0.2) is 11.6 Å². The van der Waals surface area contributed by atoms with Crippen LogP contribution in [0.4, 0.5) is 26.2 Å². The third-order valence-corrected chi connectivity index (χ3v) is 3.68. The van der Waals surface area contributed by atoms with E-state index in [1.807, 2.05) is 13.0 Å². The van der Waals surface area contributed by atoms with Gasteiger partial charge in [0.2, 0.25) is 5.95 Å². The van der Waals surface area contributed by atoms with Crippen LogP contribution in [0.3, 0.4) is 0 Å². The maximum Gasteiger partial charge on any atom is 0.223 e. The van der Waals surface area contributed by atoms with E-state index < -0.39 is 11.6 Å². The Morgan fingerprint density at radius 3 is 2.85 bits per heavy atom. The molecule has 0 amide bonds. The average Bonchev–Trinajstić information content (AvgIpc) is 2.75. The van der Waals surface area contributed by atoms with Gasteiger partial charge in [-0.05, 0) is 25.1 Å². The summed E-state index contributed by atoms with van der Waals surface area (Å²) in [5.41, 5.74) is 5.64. The van der Waals surface area contributed by atoms with Crippen LogP contribution in [0.25, 0.3) is 10.2 Å². The van der Waals surface area contributed by atoms with E-state index in [1.165, 1.54) is 23.5 Å². The molecule has 1 aromatic carbocycles. The zero-order valence-electron chi connectivity index (χ0n) is 10.4. The molecule has 3 aromatic rings. The van der Waals surface area contributed by atoms with Gasteiger partial charge in [-0.1, -0.05) is 6.07 Å². The first-order valence-corrected chi connectivity index (χ1v) is 6.61. The number of halogens is 2. The van der Waals surface area contributed by atoms with Gasteiger partial charge in [0.05, 0.1) is 11.1 Å². The Morgan fingerprint density at radius 1 is 1.25 bits per heavy atom. The van der Waals surface area contributed by atoms with E-state index in [0.29, 0.717) is 10.6 Å². The first-order valence-electron chi connectivity index (χ1n) is 5.79. The summed E-state index contributed by atoms with van der Waals surface area (Å²) in [7, 11) is 0. The van der Waals surface area contributed by atoms with Gasteiger partial charge in [-0.3, -0.25) is 0 Å². The van der Waals surface area contributed by atoms with Gasteiger partial charge in [-0.25, -0.2) is 13.8 Å². The molecule has 3 rings (SSSR count). The second-order valence-corrected chi connectivity index (χ2v) is 5.47. The largest absolute Gasteiger partial charge is 0.368 e. The minimum absolute atomic E-state index is 0.00764. The van der Waals surface area contributed by atoms with E-state index in [0.717, 1.165) is 16.3 Å². The standard InChI is InChI=1S/C13H10F2N4S/c1-6-5-7-11(18-13(16)19-12(7)20-6)17-9-4-2-3-8(14)10(9)15/h2-5H,1H3,(H3,16,17,18,19). The molecule has 0 unspecified atom stereocenters. The third-order valence-electron chi connectivity index (χ3n) is 2.74. The Morgan fingerprint density at radius 2 is 2.05 bits per heavy atom. The molecule has 4 nitrogen and oxygen atoms in total. The highest BCUT2D eigenvalue weighted by atomic mass is 32.1. The monoisotopic (exact) mass is 292 g/mol. The minimum atomic E-state index is -0.954. The second kappa shape index (κ2) is 4.68. The summed E-state index contributed by atoms with van der Waals surface area (Å²) in [6.45, 7) is 1.93. The molecular formula is C13H10F2N4S.